The van der Waals surface area contributed by atoms with Crippen molar-refractivity contribution in [1.29, 1.82) is 0 Å². The summed E-state index contributed by atoms with van der Waals surface area (Å²) in [5.74, 6) is 0.733. The zero-order chi connectivity index (χ0) is 23.7. The predicted molar refractivity (Wildman–Crippen MR) is 135 cm³/mol. The number of rotatable bonds is 3. The van der Waals surface area contributed by atoms with E-state index in [4.69, 9.17) is 16.5 Å². The van der Waals surface area contributed by atoms with E-state index in [-0.39, 0.29) is 18.0 Å². The molecule has 0 amide bonds. The maximum absolute atomic E-state index is 10.2. The number of nitrogens with two attached hydrogens (primary N) is 2. The van der Waals surface area contributed by atoms with Gasteiger partial charge in [-0.25, -0.2) is 9.67 Å². The molecule has 0 spiro atoms. The Morgan fingerprint density at radius 2 is 1.94 bits per heavy atom. The second-order valence-corrected chi connectivity index (χ2v) is 10.4. The van der Waals surface area contributed by atoms with Crippen molar-refractivity contribution in [1.82, 2.24) is 9.78 Å². The largest absolute Gasteiger partial charge is 0.401 e. The number of aliphatic hydroxyl groups is 1. The molecule has 0 saturated heterocycles. The van der Waals surface area contributed by atoms with Crippen molar-refractivity contribution in [2.45, 2.75) is 50.4 Å². The summed E-state index contributed by atoms with van der Waals surface area (Å²) in [5, 5.41) is 14.9. The Labute approximate surface area is 199 Å². The molecule has 7 heteroatoms. The molecule has 0 bridgehead atoms. The van der Waals surface area contributed by atoms with Crippen LogP contribution in [0.5, 0.6) is 0 Å². The van der Waals surface area contributed by atoms with Crippen molar-refractivity contribution in [2.24, 2.45) is 33.3 Å². The molecule has 2 aliphatic carbocycles. The van der Waals surface area contributed by atoms with Crippen LogP contribution in [-0.2, 0) is 0 Å². The lowest BCUT2D eigenvalue weighted by molar-refractivity contribution is -0.0569. The number of aryl methyl sites for hydroxylation is 1. The molecule has 3 heterocycles. The van der Waals surface area contributed by atoms with Gasteiger partial charge in [0.15, 0.2) is 12.0 Å². The van der Waals surface area contributed by atoms with E-state index in [0.29, 0.717) is 12.8 Å². The molecule has 34 heavy (non-hydrogen) atoms. The van der Waals surface area contributed by atoms with Gasteiger partial charge < -0.3 is 16.6 Å². The number of hydrogen-bond acceptors (Lipinski definition) is 6. The molecular formula is C27H30N6O. The second-order valence-electron chi connectivity index (χ2n) is 10.4. The number of aliphatic imine (C=N–C) groups is 2. The number of aromatic nitrogens is 2. The number of hydrogen-bond donors (Lipinski definition) is 3. The molecule has 1 aromatic heterocycles. The SMILES string of the molecule is Cc1cc2n(n1)C1N=C(C3C=CC(C4(N)CC(C)(O)C4)=CC3)C(c3ccccc3)=C(N)C1C=N2. The van der Waals surface area contributed by atoms with Gasteiger partial charge in [-0.1, -0.05) is 48.6 Å². The van der Waals surface area contributed by atoms with Crippen LogP contribution in [0, 0.1) is 18.8 Å². The van der Waals surface area contributed by atoms with Gasteiger partial charge in [-0.2, -0.15) is 5.10 Å². The summed E-state index contributed by atoms with van der Waals surface area (Å²) in [4.78, 5) is 9.88. The van der Waals surface area contributed by atoms with E-state index in [1.807, 2.05) is 49.0 Å². The first-order chi connectivity index (χ1) is 16.2. The zero-order valence-corrected chi connectivity index (χ0v) is 19.5. The van der Waals surface area contributed by atoms with E-state index >= 15 is 0 Å². The highest BCUT2D eigenvalue weighted by Gasteiger charge is 2.50. The Hall–Kier alpha value is -3.29. The van der Waals surface area contributed by atoms with E-state index in [2.05, 4.69) is 40.5 Å². The Kier molecular flexibility index (Phi) is 4.60. The maximum atomic E-state index is 10.2. The van der Waals surface area contributed by atoms with Gasteiger partial charge in [0.05, 0.1) is 22.9 Å². The smallest absolute Gasteiger partial charge is 0.157 e. The number of nitrogens with zero attached hydrogens (tertiary/aromatic N) is 4. The Morgan fingerprint density at radius 3 is 2.62 bits per heavy atom. The summed E-state index contributed by atoms with van der Waals surface area (Å²) in [6.45, 7) is 3.81. The van der Waals surface area contributed by atoms with E-state index in [9.17, 15) is 5.11 Å². The van der Waals surface area contributed by atoms with Crippen LogP contribution >= 0.6 is 0 Å². The predicted octanol–water partition coefficient (Wildman–Crippen LogP) is 3.59. The lowest BCUT2D eigenvalue weighted by Crippen LogP contribution is -2.61. The standard InChI is InChI=1S/C27H30N6O/c1-16-12-21-30-13-20-23(28)22(17-6-4-3-5-7-17)24(31-25(20)33(21)32-16)18-8-10-19(11-9-18)27(29)14-26(2,34)15-27/h3-8,10-13,18,20,25,34H,9,14-15,28-29H2,1-2H3. The number of benzene rings is 1. The summed E-state index contributed by atoms with van der Waals surface area (Å²) in [7, 11) is 0. The highest BCUT2D eigenvalue weighted by atomic mass is 16.3. The van der Waals surface area contributed by atoms with Gasteiger partial charge in [-0.05, 0) is 44.2 Å². The average molecular weight is 455 g/mol. The van der Waals surface area contributed by atoms with Crippen LogP contribution in [0.3, 0.4) is 0 Å². The van der Waals surface area contributed by atoms with Crippen LogP contribution in [0.2, 0.25) is 0 Å². The van der Waals surface area contributed by atoms with Crippen LogP contribution in [0.4, 0.5) is 5.82 Å². The highest BCUT2D eigenvalue weighted by molar-refractivity contribution is 6.27. The fraction of sp³-hybridized carbons (Fsp3) is 0.370. The molecule has 7 nitrogen and oxygen atoms in total. The van der Waals surface area contributed by atoms with Gasteiger partial charge in [-0.15, -0.1) is 0 Å². The average Bonchev–Trinajstić information content (AvgIpc) is 3.19. The molecule has 2 aromatic rings. The minimum Gasteiger partial charge on any atom is -0.401 e. The third-order valence-corrected chi connectivity index (χ3v) is 7.43. The highest BCUT2D eigenvalue weighted by Crippen LogP contribution is 2.46. The van der Waals surface area contributed by atoms with E-state index in [1.165, 1.54) is 0 Å². The minimum atomic E-state index is -0.678. The number of dihydropyridines is 1. The zero-order valence-electron chi connectivity index (χ0n) is 19.5. The molecule has 1 saturated carbocycles. The van der Waals surface area contributed by atoms with Gasteiger partial charge >= 0.3 is 0 Å². The molecule has 6 rings (SSSR count). The minimum absolute atomic E-state index is 0.0709. The normalized spacial score (nSPS) is 34.2. The number of allylic oxidation sites excluding steroid dienone is 3. The molecular weight excluding hydrogens is 424 g/mol. The van der Waals surface area contributed by atoms with Gasteiger partial charge in [0.2, 0.25) is 0 Å². The summed E-state index contributed by atoms with van der Waals surface area (Å²) in [6, 6.07) is 12.2. The summed E-state index contributed by atoms with van der Waals surface area (Å²) >= 11 is 0. The van der Waals surface area contributed by atoms with Crippen molar-refractivity contribution in [3.8, 4) is 0 Å². The molecule has 4 aliphatic rings. The molecule has 174 valence electrons. The molecule has 3 atom stereocenters. The van der Waals surface area contributed by atoms with Gasteiger partial charge in [0, 0.05) is 35.0 Å². The number of fused-ring (bicyclic) bond motifs is 3. The van der Waals surface area contributed by atoms with Crippen LogP contribution in [0.15, 0.2) is 75.9 Å². The summed E-state index contributed by atoms with van der Waals surface area (Å²) in [6.07, 6.45) is 10.1. The molecule has 5 N–H and O–H groups in total. The lowest BCUT2D eigenvalue weighted by atomic mass is 9.62. The fourth-order valence-electron chi connectivity index (χ4n) is 5.98. The van der Waals surface area contributed by atoms with Crippen molar-refractivity contribution in [2.75, 3.05) is 0 Å². The Morgan fingerprint density at radius 1 is 1.18 bits per heavy atom. The van der Waals surface area contributed by atoms with Crippen LogP contribution in [0.1, 0.15) is 43.6 Å². The second kappa shape index (κ2) is 7.35. The maximum Gasteiger partial charge on any atom is 0.157 e. The Balaban J connectivity index is 1.39. The van der Waals surface area contributed by atoms with Crippen LogP contribution in [0.25, 0.3) is 5.57 Å². The van der Waals surface area contributed by atoms with E-state index < -0.39 is 11.1 Å². The van der Waals surface area contributed by atoms with Crippen molar-refractivity contribution in [3.05, 3.63) is 77.2 Å². The van der Waals surface area contributed by atoms with E-state index in [0.717, 1.165) is 46.1 Å². The van der Waals surface area contributed by atoms with Gasteiger partial charge in [0.1, 0.15) is 0 Å². The first-order valence-corrected chi connectivity index (χ1v) is 11.9. The molecule has 1 aromatic carbocycles. The third-order valence-electron chi connectivity index (χ3n) is 7.43. The first-order valence-electron chi connectivity index (χ1n) is 11.9. The first kappa shape index (κ1) is 21.3. The third kappa shape index (κ3) is 3.30. The molecule has 0 radical (unpaired) electrons. The fourth-order valence-corrected chi connectivity index (χ4v) is 5.98. The summed E-state index contributed by atoms with van der Waals surface area (Å²) < 4.78 is 1.90. The summed E-state index contributed by atoms with van der Waals surface area (Å²) in [5.41, 5.74) is 18.1. The van der Waals surface area contributed by atoms with Crippen molar-refractivity contribution >= 4 is 23.3 Å². The Bertz CT molecular complexity index is 1300. The van der Waals surface area contributed by atoms with Crippen molar-refractivity contribution < 1.29 is 5.11 Å². The molecule has 1 fully saturated rings. The molecule has 2 aliphatic heterocycles. The van der Waals surface area contributed by atoms with Gasteiger partial charge in [-0.3, -0.25) is 4.99 Å². The monoisotopic (exact) mass is 454 g/mol. The van der Waals surface area contributed by atoms with Crippen molar-refractivity contribution in [3.63, 3.8) is 0 Å². The topological polar surface area (TPSA) is 115 Å². The molecule has 3 unspecified atom stereocenters. The van der Waals surface area contributed by atoms with Crippen LogP contribution < -0.4 is 11.5 Å². The quantitative estimate of drug-likeness (QED) is 0.657. The van der Waals surface area contributed by atoms with E-state index in [1.54, 1.807) is 0 Å². The lowest BCUT2D eigenvalue weighted by Gasteiger charge is -2.51. The van der Waals surface area contributed by atoms with Gasteiger partial charge in [0.25, 0.3) is 0 Å². The van der Waals surface area contributed by atoms with Crippen LogP contribution in [-0.4, -0.2) is 38.0 Å².